The highest BCUT2D eigenvalue weighted by molar-refractivity contribution is 5.92. The summed E-state index contributed by atoms with van der Waals surface area (Å²) in [6, 6.07) is 11.7. The molecule has 0 bridgehead atoms. The van der Waals surface area contributed by atoms with Crippen molar-refractivity contribution in [1.29, 1.82) is 0 Å². The molecule has 35 heavy (non-hydrogen) atoms. The van der Waals surface area contributed by atoms with Crippen molar-refractivity contribution in [2.24, 2.45) is 0 Å². The quantitative estimate of drug-likeness (QED) is 0.337. The molecule has 0 saturated carbocycles. The van der Waals surface area contributed by atoms with E-state index >= 15 is 0 Å². The van der Waals surface area contributed by atoms with E-state index < -0.39 is 48.3 Å². The Morgan fingerprint density at radius 3 is 2.20 bits per heavy atom. The predicted molar refractivity (Wildman–Crippen MR) is 115 cm³/mol. The first-order valence-corrected chi connectivity index (χ1v) is 10.3. The number of rotatable bonds is 8. The molecule has 1 aromatic carbocycles. The molecule has 0 atom stereocenters. The Morgan fingerprint density at radius 1 is 0.943 bits per heavy atom. The first-order chi connectivity index (χ1) is 16.4. The van der Waals surface area contributed by atoms with Gasteiger partial charge in [-0.15, -0.1) is 13.2 Å². The van der Waals surface area contributed by atoms with Crippen LogP contribution in [0.15, 0.2) is 60.8 Å². The van der Waals surface area contributed by atoms with Crippen LogP contribution < -0.4 is 0 Å². The number of aromatic nitrogens is 2. The molecular weight excluding hydrogens is 473 g/mol. The van der Waals surface area contributed by atoms with E-state index in [1.165, 1.54) is 43.3 Å². The minimum Gasteiger partial charge on any atom is -0.477 e. The summed E-state index contributed by atoms with van der Waals surface area (Å²) in [5.41, 5.74) is -1.12. The zero-order valence-corrected chi connectivity index (χ0v) is 18.4. The van der Waals surface area contributed by atoms with E-state index in [1.54, 1.807) is 6.07 Å². The molecule has 184 valence electrons. The predicted octanol–water partition coefficient (Wildman–Crippen LogP) is 5.37. The highest BCUT2D eigenvalue weighted by Gasteiger charge is 2.42. The van der Waals surface area contributed by atoms with Crippen molar-refractivity contribution in [3.05, 3.63) is 94.6 Å². The van der Waals surface area contributed by atoms with Crippen LogP contribution in [0.1, 0.15) is 49.8 Å². The fourth-order valence-electron chi connectivity index (χ4n) is 3.31. The number of carbonyl (C=O) groups excluding carboxylic acids is 1. The number of carboxylic acids is 1. The number of hydrogen-bond acceptors (Lipinski definition) is 4. The molecular formula is C24H20F5N3O3. The van der Waals surface area contributed by atoms with Gasteiger partial charge in [-0.3, -0.25) is 4.79 Å². The molecule has 0 aliphatic rings. The zero-order valence-electron chi connectivity index (χ0n) is 18.4. The van der Waals surface area contributed by atoms with Crippen molar-refractivity contribution in [2.75, 3.05) is 0 Å². The van der Waals surface area contributed by atoms with Crippen LogP contribution in [0, 0.1) is 6.92 Å². The molecule has 1 amide bonds. The molecule has 2 heterocycles. The maximum Gasteiger partial charge on any atom is 0.487 e. The smallest absolute Gasteiger partial charge is 0.477 e. The molecule has 0 aliphatic carbocycles. The number of amides is 1. The van der Waals surface area contributed by atoms with Gasteiger partial charge in [-0.1, -0.05) is 36.4 Å². The summed E-state index contributed by atoms with van der Waals surface area (Å²) in [7, 11) is 0. The summed E-state index contributed by atoms with van der Waals surface area (Å²) in [4.78, 5) is 30.7. The van der Waals surface area contributed by atoms with E-state index in [9.17, 15) is 31.5 Å². The maximum absolute atomic E-state index is 15.0. The second-order valence-corrected chi connectivity index (χ2v) is 7.79. The fourth-order valence-corrected chi connectivity index (χ4v) is 3.31. The normalized spacial score (nSPS) is 11.8. The Morgan fingerprint density at radius 2 is 1.63 bits per heavy atom. The van der Waals surface area contributed by atoms with Crippen molar-refractivity contribution in [2.45, 2.75) is 38.5 Å². The van der Waals surface area contributed by atoms with Crippen molar-refractivity contribution in [3.63, 3.8) is 0 Å². The third kappa shape index (κ3) is 6.58. The molecule has 0 unspecified atom stereocenters. The average molecular weight is 493 g/mol. The molecule has 0 saturated heterocycles. The van der Waals surface area contributed by atoms with Crippen LogP contribution >= 0.6 is 0 Å². The summed E-state index contributed by atoms with van der Waals surface area (Å²) in [5, 5.41) is 8.86. The monoisotopic (exact) mass is 493 g/mol. The van der Waals surface area contributed by atoms with Crippen LogP contribution in [0.4, 0.5) is 22.0 Å². The van der Waals surface area contributed by atoms with Gasteiger partial charge >= 0.3 is 12.3 Å². The number of halogens is 5. The third-order valence-electron chi connectivity index (χ3n) is 5.10. The molecule has 0 aliphatic heterocycles. The van der Waals surface area contributed by atoms with Gasteiger partial charge in [-0.2, -0.15) is 0 Å². The van der Waals surface area contributed by atoms with E-state index in [1.807, 2.05) is 0 Å². The van der Waals surface area contributed by atoms with E-state index in [2.05, 4.69) is 9.97 Å². The SMILES string of the molecule is Cc1cc(C(F)(F)CCc2ccc(C(=O)O)nc2)cc(C(=O)N(Cc2ccccc2)C(F)(F)F)n1. The van der Waals surface area contributed by atoms with E-state index in [4.69, 9.17) is 5.11 Å². The summed E-state index contributed by atoms with van der Waals surface area (Å²) in [6.45, 7) is 0.504. The standard InChI is InChI=1S/C24H20F5N3O3/c1-15-11-18(23(25,26)10-9-16-7-8-19(22(34)35)30-13-16)12-20(31-15)21(33)32(24(27,28)29)14-17-5-3-2-4-6-17/h2-8,11-13H,9-10,14H2,1H3,(H,34,35). The Labute approximate surface area is 197 Å². The Hall–Kier alpha value is -3.89. The number of nitrogens with zero attached hydrogens (tertiary/aromatic N) is 3. The van der Waals surface area contributed by atoms with Crippen LogP contribution in [-0.4, -0.2) is 38.2 Å². The number of hydrogen-bond donors (Lipinski definition) is 1. The van der Waals surface area contributed by atoms with E-state index in [0.717, 1.165) is 12.3 Å². The minimum absolute atomic E-state index is 0.0418. The third-order valence-corrected chi connectivity index (χ3v) is 5.10. The highest BCUT2D eigenvalue weighted by Crippen LogP contribution is 2.34. The molecule has 2 aromatic heterocycles. The maximum atomic E-state index is 15.0. The van der Waals surface area contributed by atoms with Crippen LogP contribution in [0.5, 0.6) is 0 Å². The first-order valence-electron chi connectivity index (χ1n) is 10.3. The van der Waals surface area contributed by atoms with Crippen LogP contribution in [-0.2, 0) is 18.9 Å². The number of carbonyl (C=O) groups is 2. The largest absolute Gasteiger partial charge is 0.487 e. The van der Waals surface area contributed by atoms with Gasteiger partial charge < -0.3 is 5.11 Å². The number of pyridine rings is 2. The second-order valence-electron chi connectivity index (χ2n) is 7.79. The number of benzene rings is 1. The summed E-state index contributed by atoms with van der Waals surface area (Å²) in [6.07, 6.45) is -4.83. The highest BCUT2D eigenvalue weighted by atomic mass is 19.4. The van der Waals surface area contributed by atoms with E-state index in [0.29, 0.717) is 11.6 Å². The van der Waals surface area contributed by atoms with Gasteiger partial charge in [0.05, 0.1) is 6.54 Å². The van der Waals surface area contributed by atoms with Gasteiger partial charge in [-0.05, 0) is 42.7 Å². The van der Waals surface area contributed by atoms with Gasteiger partial charge in [-0.25, -0.2) is 28.4 Å². The molecule has 3 rings (SSSR count). The number of aryl methyl sites for hydroxylation is 2. The molecule has 6 nitrogen and oxygen atoms in total. The van der Waals surface area contributed by atoms with Crippen molar-refractivity contribution < 1.29 is 36.6 Å². The molecule has 11 heteroatoms. The Balaban J connectivity index is 1.84. The van der Waals surface area contributed by atoms with Crippen molar-refractivity contribution in [3.8, 4) is 0 Å². The van der Waals surface area contributed by atoms with Crippen molar-refractivity contribution in [1.82, 2.24) is 14.9 Å². The molecule has 0 fully saturated rings. The lowest BCUT2D eigenvalue weighted by molar-refractivity contribution is -0.228. The molecule has 0 radical (unpaired) electrons. The van der Waals surface area contributed by atoms with Crippen LogP contribution in [0.3, 0.4) is 0 Å². The number of carboxylic acid groups (broad SMARTS) is 1. The lowest BCUT2D eigenvalue weighted by Crippen LogP contribution is -2.42. The van der Waals surface area contributed by atoms with Crippen molar-refractivity contribution >= 4 is 11.9 Å². The topological polar surface area (TPSA) is 83.4 Å². The second kappa shape index (κ2) is 10.2. The van der Waals surface area contributed by atoms with Gasteiger partial charge in [0.25, 0.3) is 11.8 Å². The zero-order chi connectivity index (χ0) is 25.8. The molecule has 3 aromatic rings. The van der Waals surface area contributed by atoms with Crippen LogP contribution in [0.2, 0.25) is 0 Å². The lowest BCUT2D eigenvalue weighted by atomic mass is 10.00. The van der Waals surface area contributed by atoms with E-state index in [-0.39, 0.29) is 28.3 Å². The average Bonchev–Trinajstić information content (AvgIpc) is 2.80. The van der Waals surface area contributed by atoms with Gasteiger partial charge in [0.15, 0.2) is 0 Å². The summed E-state index contributed by atoms with van der Waals surface area (Å²) < 4.78 is 70.9. The summed E-state index contributed by atoms with van der Waals surface area (Å²) in [5.74, 6) is -6.31. The van der Waals surface area contributed by atoms with Gasteiger partial charge in [0.1, 0.15) is 11.4 Å². The first kappa shape index (κ1) is 25.7. The molecule has 1 N–H and O–H groups in total. The summed E-state index contributed by atoms with van der Waals surface area (Å²) >= 11 is 0. The number of alkyl halides is 5. The fraction of sp³-hybridized carbons (Fsp3) is 0.250. The Bertz CT molecular complexity index is 1200. The Kier molecular flexibility index (Phi) is 7.47. The molecule has 0 spiro atoms. The van der Waals surface area contributed by atoms with Gasteiger partial charge in [0, 0.05) is 23.9 Å². The number of aromatic carboxylic acids is 1. The lowest BCUT2D eigenvalue weighted by Gasteiger charge is -2.25. The van der Waals surface area contributed by atoms with Gasteiger partial charge in [0.2, 0.25) is 0 Å². The van der Waals surface area contributed by atoms with Crippen LogP contribution in [0.25, 0.3) is 0 Å². The minimum atomic E-state index is -5.06.